The normalized spacial score (nSPS) is 22.3. The number of aliphatic hydroxyl groups is 1. The number of aliphatic hydroxyl groups excluding tert-OH is 1. The molecule has 2 heterocycles. The van der Waals surface area contributed by atoms with Crippen molar-refractivity contribution in [3.8, 4) is 0 Å². The first kappa shape index (κ1) is 15.0. The molecule has 2 saturated heterocycles. The van der Waals surface area contributed by atoms with Crippen molar-refractivity contribution in [2.24, 2.45) is 0 Å². The molecule has 2 aliphatic heterocycles. The molecule has 0 saturated carbocycles. The van der Waals surface area contributed by atoms with Crippen molar-refractivity contribution < 1.29 is 5.11 Å². The third-order valence-corrected chi connectivity index (χ3v) is 4.74. The van der Waals surface area contributed by atoms with E-state index < -0.39 is 0 Å². The average Bonchev–Trinajstić information content (AvgIpc) is 2.50. The van der Waals surface area contributed by atoms with E-state index in [4.69, 9.17) is 5.11 Å². The highest BCUT2D eigenvalue weighted by Crippen LogP contribution is 2.19. The Morgan fingerprint density at radius 3 is 2.33 bits per heavy atom. The van der Waals surface area contributed by atoms with Crippen LogP contribution in [-0.4, -0.2) is 78.3 Å². The highest BCUT2D eigenvalue weighted by molar-refractivity contribution is 5.15. The molecule has 21 heavy (non-hydrogen) atoms. The summed E-state index contributed by atoms with van der Waals surface area (Å²) < 4.78 is 0. The second-order valence-electron chi connectivity index (χ2n) is 6.29. The van der Waals surface area contributed by atoms with Crippen molar-refractivity contribution in [3.63, 3.8) is 0 Å². The first-order valence-corrected chi connectivity index (χ1v) is 8.18. The van der Waals surface area contributed by atoms with Gasteiger partial charge in [0.1, 0.15) is 0 Å². The molecule has 1 aromatic carbocycles. The monoisotopic (exact) mass is 289 g/mol. The van der Waals surface area contributed by atoms with E-state index in [2.05, 4.69) is 45.0 Å². The van der Waals surface area contributed by atoms with Crippen LogP contribution in [0.2, 0.25) is 0 Å². The lowest BCUT2D eigenvalue weighted by atomic mass is 10.0. The summed E-state index contributed by atoms with van der Waals surface area (Å²) in [6, 6.07) is 11.5. The zero-order valence-corrected chi connectivity index (χ0v) is 12.8. The molecular formula is C17H27N3O. The van der Waals surface area contributed by atoms with Gasteiger partial charge in [0.25, 0.3) is 0 Å². The van der Waals surface area contributed by atoms with Gasteiger partial charge in [0.2, 0.25) is 0 Å². The first-order valence-electron chi connectivity index (χ1n) is 8.18. The van der Waals surface area contributed by atoms with Gasteiger partial charge in [0, 0.05) is 65.0 Å². The average molecular weight is 289 g/mol. The van der Waals surface area contributed by atoms with E-state index in [0.717, 1.165) is 38.6 Å². The molecule has 2 fully saturated rings. The van der Waals surface area contributed by atoms with E-state index in [1.807, 2.05) is 0 Å². The predicted molar refractivity (Wildman–Crippen MR) is 85.2 cm³/mol. The highest BCUT2D eigenvalue weighted by atomic mass is 16.3. The smallest absolute Gasteiger partial charge is 0.0443 e. The molecule has 116 valence electrons. The van der Waals surface area contributed by atoms with Crippen LogP contribution in [-0.2, 0) is 6.54 Å². The molecule has 0 radical (unpaired) electrons. The van der Waals surface area contributed by atoms with Gasteiger partial charge >= 0.3 is 0 Å². The molecule has 0 atom stereocenters. The summed E-state index contributed by atoms with van der Waals surface area (Å²) in [6.07, 6.45) is 0.911. The van der Waals surface area contributed by atoms with Crippen molar-refractivity contribution in [1.29, 1.82) is 0 Å². The van der Waals surface area contributed by atoms with Gasteiger partial charge in [-0.25, -0.2) is 0 Å². The van der Waals surface area contributed by atoms with Crippen LogP contribution in [0.1, 0.15) is 12.0 Å². The number of hydrogen-bond acceptors (Lipinski definition) is 4. The largest absolute Gasteiger partial charge is 0.396 e. The number of likely N-dealkylation sites (tertiary alicyclic amines) is 1. The Labute approximate surface area is 128 Å². The van der Waals surface area contributed by atoms with Crippen molar-refractivity contribution in [3.05, 3.63) is 35.9 Å². The van der Waals surface area contributed by atoms with Crippen LogP contribution in [0.4, 0.5) is 0 Å². The third-order valence-electron chi connectivity index (χ3n) is 4.74. The van der Waals surface area contributed by atoms with Gasteiger partial charge in [-0.3, -0.25) is 9.80 Å². The molecule has 3 rings (SSSR count). The number of benzene rings is 1. The van der Waals surface area contributed by atoms with Gasteiger partial charge < -0.3 is 10.0 Å². The molecule has 0 aromatic heterocycles. The summed E-state index contributed by atoms with van der Waals surface area (Å²) in [6.45, 7) is 9.59. The summed E-state index contributed by atoms with van der Waals surface area (Å²) in [4.78, 5) is 7.67. The summed E-state index contributed by atoms with van der Waals surface area (Å²) in [5, 5.41) is 8.89. The number of piperazine rings is 1. The molecule has 0 aliphatic carbocycles. The molecule has 0 unspecified atom stereocenters. The molecule has 4 nitrogen and oxygen atoms in total. The molecule has 0 amide bonds. The molecule has 4 heteroatoms. The fourth-order valence-electron chi connectivity index (χ4n) is 3.39. The quantitative estimate of drug-likeness (QED) is 0.842. The second-order valence-corrected chi connectivity index (χ2v) is 6.29. The summed E-state index contributed by atoms with van der Waals surface area (Å²) in [5.41, 5.74) is 1.42. The number of rotatable bonds is 6. The second kappa shape index (κ2) is 7.36. The summed E-state index contributed by atoms with van der Waals surface area (Å²) in [7, 11) is 0. The fraction of sp³-hybridized carbons (Fsp3) is 0.647. The number of nitrogens with zero attached hydrogens (tertiary/aromatic N) is 3. The van der Waals surface area contributed by atoms with Crippen molar-refractivity contribution >= 4 is 0 Å². The Balaban J connectivity index is 1.35. The summed E-state index contributed by atoms with van der Waals surface area (Å²) in [5.74, 6) is 0. The Bertz CT molecular complexity index is 411. The topological polar surface area (TPSA) is 30.0 Å². The minimum atomic E-state index is 0.317. The maximum Gasteiger partial charge on any atom is 0.0443 e. The van der Waals surface area contributed by atoms with Gasteiger partial charge in [0.15, 0.2) is 0 Å². The minimum absolute atomic E-state index is 0.317. The van der Waals surface area contributed by atoms with Gasteiger partial charge in [-0.2, -0.15) is 0 Å². The molecule has 1 aromatic rings. The van der Waals surface area contributed by atoms with Gasteiger partial charge in [-0.1, -0.05) is 30.3 Å². The third kappa shape index (κ3) is 4.04. The SMILES string of the molecule is OCCCN1CCN(C2CN(Cc3ccccc3)C2)CC1. The van der Waals surface area contributed by atoms with E-state index >= 15 is 0 Å². The van der Waals surface area contributed by atoms with Gasteiger partial charge in [-0.05, 0) is 12.0 Å². The van der Waals surface area contributed by atoms with E-state index in [9.17, 15) is 0 Å². The van der Waals surface area contributed by atoms with Crippen LogP contribution in [0.25, 0.3) is 0 Å². The standard InChI is InChI=1S/C17H27N3O/c21-12-4-7-18-8-10-20(11-9-18)17-14-19(15-17)13-16-5-2-1-3-6-16/h1-3,5-6,17,21H,4,7-15H2. The Morgan fingerprint density at radius 1 is 0.952 bits per heavy atom. The number of hydrogen-bond donors (Lipinski definition) is 1. The Kier molecular flexibility index (Phi) is 5.25. The summed E-state index contributed by atoms with van der Waals surface area (Å²) >= 11 is 0. The minimum Gasteiger partial charge on any atom is -0.396 e. The predicted octanol–water partition coefficient (Wildman–Crippen LogP) is 0.871. The van der Waals surface area contributed by atoms with Crippen molar-refractivity contribution in [2.75, 3.05) is 52.4 Å². The molecule has 1 N–H and O–H groups in total. The van der Waals surface area contributed by atoms with Crippen LogP contribution < -0.4 is 0 Å². The first-order chi connectivity index (χ1) is 10.3. The van der Waals surface area contributed by atoms with Gasteiger partial charge in [-0.15, -0.1) is 0 Å². The maximum atomic E-state index is 8.89. The van der Waals surface area contributed by atoms with Crippen LogP contribution in [0, 0.1) is 0 Å². The van der Waals surface area contributed by atoms with Crippen LogP contribution in [0.3, 0.4) is 0 Å². The van der Waals surface area contributed by atoms with E-state index in [0.29, 0.717) is 6.61 Å². The van der Waals surface area contributed by atoms with Crippen LogP contribution >= 0.6 is 0 Å². The lowest BCUT2D eigenvalue weighted by Crippen LogP contribution is -2.62. The van der Waals surface area contributed by atoms with Gasteiger partial charge in [0.05, 0.1) is 0 Å². The fourth-order valence-corrected chi connectivity index (χ4v) is 3.39. The van der Waals surface area contributed by atoms with Crippen LogP contribution in [0.15, 0.2) is 30.3 Å². The van der Waals surface area contributed by atoms with E-state index in [1.54, 1.807) is 0 Å². The lowest BCUT2D eigenvalue weighted by molar-refractivity contribution is 0.000481. The zero-order chi connectivity index (χ0) is 14.5. The Hall–Kier alpha value is -0.940. The Morgan fingerprint density at radius 2 is 1.67 bits per heavy atom. The van der Waals surface area contributed by atoms with E-state index in [1.165, 1.54) is 31.7 Å². The van der Waals surface area contributed by atoms with Crippen LogP contribution in [0.5, 0.6) is 0 Å². The molecular weight excluding hydrogens is 262 g/mol. The zero-order valence-electron chi connectivity index (χ0n) is 12.8. The maximum absolute atomic E-state index is 8.89. The highest BCUT2D eigenvalue weighted by Gasteiger charge is 2.33. The van der Waals surface area contributed by atoms with Crippen molar-refractivity contribution in [1.82, 2.24) is 14.7 Å². The molecule has 0 bridgehead atoms. The van der Waals surface area contributed by atoms with Crippen molar-refractivity contribution in [2.45, 2.75) is 19.0 Å². The van der Waals surface area contributed by atoms with E-state index in [-0.39, 0.29) is 0 Å². The molecule has 0 spiro atoms. The molecule has 2 aliphatic rings. The lowest BCUT2D eigenvalue weighted by Gasteiger charge is -2.48.